The first kappa shape index (κ1) is 16.1. The lowest BCUT2D eigenvalue weighted by molar-refractivity contribution is 0.0141. The molecular formula is C18H19FN4O2S. The van der Waals surface area contributed by atoms with Gasteiger partial charge < -0.3 is 15.0 Å². The van der Waals surface area contributed by atoms with Crippen LogP contribution in [0.2, 0.25) is 0 Å². The zero-order valence-electron chi connectivity index (χ0n) is 14.1. The second-order valence-electron chi connectivity index (χ2n) is 7.35. The predicted molar refractivity (Wildman–Crippen MR) is 94.7 cm³/mol. The molecule has 2 aromatic rings. The molecule has 5 rings (SSSR count). The number of nitrogens with zero attached hydrogens (tertiary/aromatic N) is 3. The minimum absolute atomic E-state index is 0.110. The molecule has 8 heteroatoms. The number of carbonyl (C=O) groups is 1. The monoisotopic (exact) mass is 374 g/mol. The SMILES string of the molecule is O=C(NC[C@H]1[C@H]2CN(c3nncs3)C[C@]23CC[C@H]1O3)c1ccc(F)cc1. The van der Waals surface area contributed by atoms with Gasteiger partial charge >= 0.3 is 0 Å². The predicted octanol–water partition coefficient (Wildman–Crippen LogP) is 2.09. The molecule has 3 fully saturated rings. The molecule has 1 aromatic carbocycles. The van der Waals surface area contributed by atoms with E-state index in [0.29, 0.717) is 23.9 Å². The maximum Gasteiger partial charge on any atom is 0.251 e. The molecule has 3 aliphatic heterocycles. The lowest BCUT2D eigenvalue weighted by Crippen LogP contribution is -2.41. The van der Waals surface area contributed by atoms with Crippen LogP contribution in [0.4, 0.5) is 9.52 Å². The summed E-state index contributed by atoms with van der Waals surface area (Å²) in [6, 6.07) is 5.63. The summed E-state index contributed by atoms with van der Waals surface area (Å²) in [5.41, 5.74) is 2.12. The molecule has 0 radical (unpaired) electrons. The largest absolute Gasteiger partial charge is 0.369 e. The van der Waals surface area contributed by atoms with Crippen LogP contribution in [0, 0.1) is 17.7 Å². The number of hydrogen-bond donors (Lipinski definition) is 1. The quantitative estimate of drug-likeness (QED) is 0.888. The van der Waals surface area contributed by atoms with Gasteiger partial charge in [0.2, 0.25) is 5.13 Å². The van der Waals surface area contributed by atoms with Crippen molar-refractivity contribution in [1.29, 1.82) is 0 Å². The highest BCUT2D eigenvalue weighted by atomic mass is 32.1. The number of amides is 1. The summed E-state index contributed by atoms with van der Waals surface area (Å²) >= 11 is 1.55. The zero-order chi connectivity index (χ0) is 17.7. The zero-order valence-corrected chi connectivity index (χ0v) is 14.9. The number of hydrogen-bond acceptors (Lipinski definition) is 6. The molecule has 3 saturated heterocycles. The third kappa shape index (κ3) is 2.51. The average Bonchev–Trinajstić information content (AvgIpc) is 3.40. The van der Waals surface area contributed by atoms with Crippen molar-refractivity contribution in [3.63, 3.8) is 0 Å². The third-order valence-corrected chi connectivity index (χ3v) is 6.76. The summed E-state index contributed by atoms with van der Waals surface area (Å²) in [4.78, 5) is 14.6. The fourth-order valence-corrected chi connectivity index (χ4v) is 5.40. The highest BCUT2D eigenvalue weighted by Crippen LogP contribution is 2.55. The standard InChI is InChI=1S/C18H19FN4O2S/c19-12-3-1-11(2-4-12)16(24)20-7-13-14-8-23(17-22-21-10-26-17)9-18(14)6-5-15(13)25-18/h1-4,10,13-15H,5-9H2,(H,20,24)/t13-,14+,15+,18+/m0/s1. The molecular weight excluding hydrogens is 355 g/mol. The highest BCUT2D eigenvalue weighted by molar-refractivity contribution is 7.13. The molecule has 0 unspecified atom stereocenters. The van der Waals surface area contributed by atoms with Crippen molar-refractivity contribution in [2.75, 3.05) is 24.5 Å². The molecule has 2 bridgehead atoms. The van der Waals surface area contributed by atoms with E-state index in [1.807, 2.05) is 0 Å². The molecule has 3 aliphatic rings. The fraction of sp³-hybridized carbons (Fsp3) is 0.500. The number of ether oxygens (including phenoxy) is 1. The van der Waals surface area contributed by atoms with Gasteiger partial charge in [-0.2, -0.15) is 0 Å². The number of aromatic nitrogens is 2. The van der Waals surface area contributed by atoms with Crippen molar-refractivity contribution in [2.24, 2.45) is 11.8 Å². The van der Waals surface area contributed by atoms with Gasteiger partial charge in [0.25, 0.3) is 5.91 Å². The van der Waals surface area contributed by atoms with Crippen molar-refractivity contribution in [3.8, 4) is 0 Å². The van der Waals surface area contributed by atoms with Crippen molar-refractivity contribution >= 4 is 22.4 Å². The molecule has 0 saturated carbocycles. The van der Waals surface area contributed by atoms with E-state index in [0.717, 1.165) is 31.1 Å². The van der Waals surface area contributed by atoms with Crippen molar-refractivity contribution in [2.45, 2.75) is 24.5 Å². The summed E-state index contributed by atoms with van der Waals surface area (Å²) in [5, 5.41) is 12.1. The van der Waals surface area contributed by atoms with E-state index in [-0.39, 0.29) is 23.4 Å². The Kier molecular flexibility index (Phi) is 3.72. The van der Waals surface area contributed by atoms with Crippen molar-refractivity contribution < 1.29 is 13.9 Å². The molecule has 26 heavy (non-hydrogen) atoms. The maximum atomic E-state index is 13.0. The Balaban J connectivity index is 1.28. The Morgan fingerprint density at radius 1 is 1.42 bits per heavy atom. The van der Waals surface area contributed by atoms with Gasteiger partial charge in [0.05, 0.1) is 11.7 Å². The van der Waals surface area contributed by atoms with Gasteiger partial charge in [0, 0.05) is 37.0 Å². The number of anilines is 1. The van der Waals surface area contributed by atoms with Crippen LogP contribution in [-0.4, -0.2) is 47.4 Å². The Labute approximate surface area is 154 Å². The van der Waals surface area contributed by atoms with Crippen LogP contribution in [0.25, 0.3) is 0 Å². The van der Waals surface area contributed by atoms with Crippen molar-refractivity contribution in [3.05, 3.63) is 41.2 Å². The number of fused-ring (bicyclic) bond motifs is 1. The van der Waals surface area contributed by atoms with Gasteiger partial charge in [-0.3, -0.25) is 4.79 Å². The molecule has 1 amide bonds. The summed E-state index contributed by atoms with van der Waals surface area (Å²) in [6.45, 7) is 2.33. The Morgan fingerprint density at radius 2 is 2.27 bits per heavy atom. The average molecular weight is 374 g/mol. The Hall–Kier alpha value is -2.06. The van der Waals surface area contributed by atoms with E-state index < -0.39 is 0 Å². The van der Waals surface area contributed by atoms with Gasteiger partial charge in [0.15, 0.2) is 0 Å². The van der Waals surface area contributed by atoms with Crippen LogP contribution in [0.1, 0.15) is 23.2 Å². The number of halogens is 1. The van der Waals surface area contributed by atoms with Crippen LogP contribution in [-0.2, 0) is 4.74 Å². The van der Waals surface area contributed by atoms with E-state index in [4.69, 9.17) is 4.74 Å². The lowest BCUT2D eigenvalue weighted by Gasteiger charge is -2.29. The van der Waals surface area contributed by atoms with Gasteiger partial charge in [-0.1, -0.05) is 11.3 Å². The molecule has 4 heterocycles. The first-order chi connectivity index (χ1) is 12.6. The second-order valence-corrected chi connectivity index (χ2v) is 8.16. The topological polar surface area (TPSA) is 67.4 Å². The van der Waals surface area contributed by atoms with Gasteiger partial charge in [0.1, 0.15) is 11.3 Å². The van der Waals surface area contributed by atoms with E-state index in [9.17, 15) is 9.18 Å². The molecule has 1 spiro atoms. The smallest absolute Gasteiger partial charge is 0.251 e. The number of benzene rings is 1. The van der Waals surface area contributed by atoms with Crippen LogP contribution in [0.5, 0.6) is 0 Å². The molecule has 6 nitrogen and oxygen atoms in total. The third-order valence-electron chi connectivity index (χ3n) is 6.01. The van der Waals surface area contributed by atoms with Crippen LogP contribution in [0.3, 0.4) is 0 Å². The number of nitrogens with one attached hydrogen (secondary N) is 1. The van der Waals surface area contributed by atoms with E-state index >= 15 is 0 Å². The molecule has 0 aliphatic carbocycles. The summed E-state index contributed by atoms with van der Waals surface area (Å²) < 4.78 is 19.4. The van der Waals surface area contributed by atoms with Gasteiger partial charge in [-0.25, -0.2) is 4.39 Å². The molecule has 136 valence electrons. The number of carbonyl (C=O) groups excluding carboxylic acids is 1. The Bertz CT molecular complexity index is 815. The van der Waals surface area contributed by atoms with Crippen molar-refractivity contribution in [1.82, 2.24) is 15.5 Å². The number of rotatable bonds is 4. The molecule has 4 atom stereocenters. The van der Waals surface area contributed by atoms with Crippen LogP contribution < -0.4 is 10.2 Å². The van der Waals surface area contributed by atoms with E-state index in [2.05, 4.69) is 20.4 Å². The minimum Gasteiger partial charge on any atom is -0.369 e. The minimum atomic E-state index is -0.340. The summed E-state index contributed by atoms with van der Waals surface area (Å²) in [5.74, 6) is 0.179. The molecule has 1 aromatic heterocycles. The highest BCUT2D eigenvalue weighted by Gasteiger charge is 2.63. The van der Waals surface area contributed by atoms with E-state index in [1.165, 1.54) is 24.3 Å². The summed E-state index contributed by atoms with van der Waals surface area (Å²) in [7, 11) is 0. The van der Waals surface area contributed by atoms with Gasteiger partial charge in [-0.15, -0.1) is 10.2 Å². The Morgan fingerprint density at radius 3 is 3.04 bits per heavy atom. The second kappa shape index (κ2) is 5.99. The van der Waals surface area contributed by atoms with E-state index in [1.54, 1.807) is 16.8 Å². The maximum absolute atomic E-state index is 13.0. The molecule has 1 N–H and O–H groups in total. The summed E-state index contributed by atoms with van der Waals surface area (Å²) in [6.07, 6.45) is 2.32. The first-order valence-electron chi connectivity index (χ1n) is 8.87. The normalized spacial score (nSPS) is 32.0. The van der Waals surface area contributed by atoms with Gasteiger partial charge in [-0.05, 0) is 37.1 Å². The van der Waals surface area contributed by atoms with Crippen LogP contribution >= 0.6 is 11.3 Å². The lowest BCUT2D eigenvalue weighted by atomic mass is 9.73. The fourth-order valence-electron chi connectivity index (χ4n) is 4.83. The van der Waals surface area contributed by atoms with Crippen LogP contribution in [0.15, 0.2) is 29.8 Å². The first-order valence-corrected chi connectivity index (χ1v) is 9.75.